The fraction of sp³-hybridized carbons (Fsp3) is 0.357. The third-order valence-corrected chi connectivity index (χ3v) is 3.68. The first-order valence-corrected chi connectivity index (χ1v) is 6.78. The van der Waals surface area contributed by atoms with Gasteiger partial charge in [-0.25, -0.2) is 9.78 Å². The number of aromatic amines is 1. The number of aryl methyl sites for hydroxylation is 1. The van der Waals surface area contributed by atoms with Crippen molar-refractivity contribution in [3.63, 3.8) is 0 Å². The molecule has 7 nitrogen and oxygen atoms in total. The normalized spacial score (nSPS) is 15.5. The lowest BCUT2D eigenvalue weighted by atomic mass is 10.2. The number of hydrogen-bond donors (Lipinski definition) is 2. The Morgan fingerprint density at radius 3 is 2.52 bits per heavy atom. The third-order valence-electron chi connectivity index (χ3n) is 3.68. The Bertz CT molecular complexity index is 701. The third kappa shape index (κ3) is 2.54. The van der Waals surface area contributed by atoms with Gasteiger partial charge in [0, 0.05) is 26.2 Å². The van der Waals surface area contributed by atoms with Gasteiger partial charge >= 0.3 is 6.09 Å². The van der Waals surface area contributed by atoms with Crippen LogP contribution < -0.4 is 0 Å². The number of piperazine rings is 1. The highest BCUT2D eigenvalue weighted by molar-refractivity contribution is 5.94. The zero-order chi connectivity index (χ0) is 15.0. The van der Waals surface area contributed by atoms with Gasteiger partial charge in [-0.2, -0.15) is 0 Å². The Kier molecular flexibility index (Phi) is 3.25. The fourth-order valence-corrected chi connectivity index (χ4v) is 2.48. The molecule has 2 heterocycles. The topological polar surface area (TPSA) is 89.5 Å². The average Bonchev–Trinajstić information content (AvgIpc) is 2.89. The SMILES string of the molecule is Cc1ccc2nc(C(=O)N3CCN(C(=O)O)CC3)[nH]c2c1. The number of nitrogens with one attached hydrogen (secondary N) is 1. The maximum Gasteiger partial charge on any atom is 0.407 e. The van der Waals surface area contributed by atoms with E-state index in [1.165, 1.54) is 4.90 Å². The van der Waals surface area contributed by atoms with E-state index in [0.717, 1.165) is 16.6 Å². The molecule has 2 amide bonds. The van der Waals surface area contributed by atoms with Crippen LogP contribution in [-0.4, -0.2) is 63.1 Å². The van der Waals surface area contributed by atoms with Gasteiger partial charge in [0.05, 0.1) is 11.0 Å². The molecule has 7 heteroatoms. The summed E-state index contributed by atoms with van der Waals surface area (Å²) in [5, 5.41) is 8.91. The minimum Gasteiger partial charge on any atom is -0.465 e. The molecular formula is C14H16N4O3. The molecule has 1 aliphatic heterocycles. The second kappa shape index (κ2) is 5.08. The second-order valence-electron chi connectivity index (χ2n) is 5.17. The van der Waals surface area contributed by atoms with Crippen molar-refractivity contribution in [2.45, 2.75) is 6.92 Å². The highest BCUT2D eigenvalue weighted by atomic mass is 16.4. The number of rotatable bonds is 1. The molecule has 0 atom stereocenters. The van der Waals surface area contributed by atoms with E-state index in [1.807, 2.05) is 25.1 Å². The molecule has 1 aromatic carbocycles. The van der Waals surface area contributed by atoms with Gasteiger partial charge in [0.2, 0.25) is 0 Å². The number of amides is 2. The Labute approximate surface area is 121 Å². The molecule has 1 fully saturated rings. The molecule has 3 rings (SSSR count). The molecule has 2 aromatic rings. The number of aromatic nitrogens is 2. The minimum absolute atomic E-state index is 0.186. The van der Waals surface area contributed by atoms with Crippen LogP contribution in [0.3, 0.4) is 0 Å². The zero-order valence-corrected chi connectivity index (χ0v) is 11.7. The van der Waals surface area contributed by atoms with Gasteiger partial charge in [-0.15, -0.1) is 0 Å². The summed E-state index contributed by atoms with van der Waals surface area (Å²) in [6.45, 7) is 3.43. The summed E-state index contributed by atoms with van der Waals surface area (Å²) >= 11 is 0. The van der Waals surface area contributed by atoms with E-state index in [1.54, 1.807) is 4.90 Å². The van der Waals surface area contributed by atoms with E-state index in [0.29, 0.717) is 32.0 Å². The minimum atomic E-state index is -0.943. The standard InChI is InChI=1S/C14H16N4O3/c1-9-2-3-10-11(8-9)16-12(15-10)13(19)17-4-6-18(7-5-17)14(20)21/h2-3,8H,4-7H2,1H3,(H,15,16)(H,20,21). The van der Waals surface area contributed by atoms with E-state index in [2.05, 4.69) is 9.97 Å². The van der Waals surface area contributed by atoms with Gasteiger partial charge < -0.3 is 19.9 Å². The van der Waals surface area contributed by atoms with Gasteiger partial charge in [0.15, 0.2) is 5.82 Å². The van der Waals surface area contributed by atoms with Crippen molar-refractivity contribution in [1.82, 2.24) is 19.8 Å². The Balaban J connectivity index is 1.76. The molecule has 1 aromatic heterocycles. The van der Waals surface area contributed by atoms with Crippen LogP contribution >= 0.6 is 0 Å². The van der Waals surface area contributed by atoms with Crippen molar-refractivity contribution in [1.29, 1.82) is 0 Å². The highest BCUT2D eigenvalue weighted by Crippen LogP contribution is 2.15. The molecule has 0 aliphatic carbocycles. The number of hydrogen-bond acceptors (Lipinski definition) is 3. The number of H-pyrrole nitrogens is 1. The summed E-state index contributed by atoms with van der Waals surface area (Å²) in [7, 11) is 0. The summed E-state index contributed by atoms with van der Waals surface area (Å²) in [6, 6.07) is 5.77. The van der Waals surface area contributed by atoms with Crippen LogP contribution in [0.2, 0.25) is 0 Å². The van der Waals surface area contributed by atoms with Gasteiger partial charge in [-0.3, -0.25) is 4.79 Å². The van der Waals surface area contributed by atoms with Crippen LogP contribution in [0.1, 0.15) is 16.2 Å². The van der Waals surface area contributed by atoms with E-state index < -0.39 is 6.09 Å². The molecule has 1 saturated heterocycles. The van der Waals surface area contributed by atoms with E-state index >= 15 is 0 Å². The number of carboxylic acid groups (broad SMARTS) is 1. The van der Waals surface area contributed by atoms with Crippen molar-refractivity contribution >= 4 is 23.0 Å². The van der Waals surface area contributed by atoms with Crippen molar-refractivity contribution in [2.24, 2.45) is 0 Å². The second-order valence-corrected chi connectivity index (χ2v) is 5.17. The molecule has 0 bridgehead atoms. The molecule has 1 aliphatic rings. The highest BCUT2D eigenvalue weighted by Gasteiger charge is 2.26. The van der Waals surface area contributed by atoms with Crippen LogP contribution in [0.5, 0.6) is 0 Å². The quantitative estimate of drug-likeness (QED) is 0.828. The van der Waals surface area contributed by atoms with E-state index in [9.17, 15) is 9.59 Å². The van der Waals surface area contributed by atoms with Crippen molar-refractivity contribution < 1.29 is 14.7 Å². The molecule has 21 heavy (non-hydrogen) atoms. The van der Waals surface area contributed by atoms with Gasteiger partial charge in [0.25, 0.3) is 5.91 Å². The van der Waals surface area contributed by atoms with E-state index in [-0.39, 0.29) is 5.91 Å². The predicted octanol–water partition coefficient (Wildman–Crippen LogP) is 1.31. The lowest BCUT2D eigenvalue weighted by Crippen LogP contribution is -2.50. The maximum absolute atomic E-state index is 12.4. The van der Waals surface area contributed by atoms with Crippen molar-refractivity contribution in [3.8, 4) is 0 Å². The zero-order valence-electron chi connectivity index (χ0n) is 11.7. The Morgan fingerprint density at radius 1 is 1.19 bits per heavy atom. The molecule has 110 valence electrons. The van der Waals surface area contributed by atoms with Crippen LogP contribution in [0, 0.1) is 6.92 Å². The lowest BCUT2D eigenvalue weighted by molar-refractivity contribution is 0.0615. The number of imidazole rings is 1. The summed E-state index contributed by atoms with van der Waals surface area (Å²) < 4.78 is 0. The van der Waals surface area contributed by atoms with Gasteiger partial charge in [-0.1, -0.05) is 6.07 Å². The summed E-state index contributed by atoms with van der Waals surface area (Å²) in [6.07, 6.45) is -0.943. The van der Waals surface area contributed by atoms with Gasteiger partial charge in [-0.05, 0) is 24.6 Å². The number of carbonyl (C=O) groups is 2. The first kappa shape index (κ1) is 13.4. The van der Waals surface area contributed by atoms with Crippen LogP contribution in [0.25, 0.3) is 11.0 Å². The summed E-state index contributed by atoms with van der Waals surface area (Å²) in [5.41, 5.74) is 2.69. The molecule has 0 radical (unpaired) electrons. The molecule has 0 unspecified atom stereocenters. The summed E-state index contributed by atoms with van der Waals surface area (Å²) in [5.74, 6) is 0.119. The maximum atomic E-state index is 12.4. The number of benzene rings is 1. The Hall–Kier alpha value is -2.57. The predicted molar refractivity (Wildman–Crippen MR) is 76.3 cm³/mol. The number of fused-ring (bicyclic) bond motifs is 1. The number of nitrogens with zero attached hydrogens (tertiary/aromatic N) is 3. The van der Waals surface area contributed by atoms with Crippen molar-refractivity contribution in [2.75, 3.05) is 26.2 Å². The fourth-order valence-electron chi connectivity index (χ4n) is 2.48. The average molecular weight is 288 g/mol. The monoisotopic (exact) mass is 288 g/mol. The van der Waals surface area contributed by atoms with Crippen molar-refractivity contribution in [3.05, 3.63) is 29.6 Å². The summed E-state index contributed by atoms with van der Waals surface area (Å²) in [4.78, 5) is 33.5. The molecular weight excluding hydrogens is 272 g/mol. The lowest BCUT2D eigenvalue weighted by Gasteiger charge is -2.32. The largest absolute Gasteiger partial charge is 0.465 e. The van der Waals surface area contributed by atoms with Gasteiger partial charge in [0.1, 0.15) is 0 Å². The van der Waals surface area contributed by atoms with Crippen LogP contribution in [0.4, 0.5) is 4.79 Å². The van der Waals surface area contributed by atoms with E-state index in [4.69, 9.17) is 5.11 Å². The smallest absolute Gasteiger partial charge is 0.407 e. The molecule has 2 N–H and O–H groups in total. The number of carbonyl (C=O) groups excluding carboxylic acids is 1. The van der Waals surface area contributed by atoms with Crippen LogP contribution in [0.15, 0.2) is 18.2 Å². The molecule has 0 spiro atoms. The van der Waals surface area contributed by atoms with Crippen LogP contribution in [-0.2, 0) is 0 Å². The first-order valence-electron chi connectivity index (χ1n) is 6.78. The first-order chi connectivity index (χ1) is 10.0. The Morgan fingerprint density at radius 2 is 1.86 bits per heavy atom. The molecule has 0 saturated carbocycles.